The minimum atomic E-state index is 0.157. The first-order valence-electron chi connectivity index (χ1n) is 7.30. The quantitative estimate of drug-likeness (QED) is 0.768. The highest BCUT2D eigenvalue weighted by Crippen LogP contribution is 2.36. The van der Waals surface area contributed by atoms with Crippen molar-refractivity contribution < 1.29 is 4.79 Å². The fraction of sp³-hybridized carbons (Fsp3) is 0.278. The average molecular weight is 297 g/mol. The molecule has 1 amide bonds. The summed E-state index contributed by atoms with van der Waals surface area (Å²) in [5.41, 5.74) is 2.23. The van der Waals surface area contributed by atoms with Gasteiger partial charge < -0.3 is 4.90 Å². The van der Waals surface area contributed by atoms with Gasteiger partial charge in [0, 0.05) is 17.0 Å². The van der Waals surface area contributed by atoms with E-state index in [9.17, 15) is 4.79 Å². The van der Waals surface area contributed by atoms with Gasteiger partial charge in [0.05, 0.1) is 6.04 Å². The molecular weight excluding hydrogens is 278 g/mol. The summed E-state index contributed by atoms with van der Waals surface area (Å²) in [7, 11) is 0. The monoisotopic (exact) mass is 297 g/mol. The summed E-state index contributed by atoms with van der Waals surface area (Å²) in [5, 5.41) is 0. The Morgan fingerprint density at radius 1 is 1.05 bits per heavy atom. The van der Waals surface area contributed by atoms with E-state index in [0.29, 0.717) is 6.42 Å². The SMILES string of the molecule is CSc1ccc(C2CCCC(=O)N2c2ccccc2)cc1. The van der Waals surface area contributed by atoms with Crippen molar-refractivity contribution in [2.45, 2.75) is 30.2 Å². The Morgan fingerprint density at radius 2 is 1.76 bits per heavy atom. The number of anilines is 1. The van der Waals surface area contributed by atoms with E-state index in [2.05, 4.69) is 30.5 Å². The van der Waals surface area contributed by atoms with Crippen molar-refractivity contribution in [1.82, 2.24) is 0 Å². The Labute approximate surface area is 130 Å². The van der Waals surface area contributed by atoms with E-state index in [4.69, 9.17) is 0 Å². The number of nitrogens with zero attached hydrogens (tertiary/aromatic N) is 1. The molecule has 3 rings (SSSR count). The summed E-state index contributed by atoms with van der Waals surface area (Å²) in [6.45, 7) is 0. The van der Waals surface area contributed by atoms with Crippen LogP contribution < -0.4 is 4.90 Å². The predicted molar refractivity (Wildman–Crippen MR) is 88.7 cm³/mol. The van der Waals surface area contributed by atoms with Crippen LogP contribution in [-0.2, 0) is 4.79 Å². The van der Waals surface area contributed by atoms with Gasteiger partial charge in [-0.25, -0.2) is 0 Å². The van der Waals surface area contributed by atoms with Crippen molar-refractivity contribution in [2.24, 2.45) is 0 Å². The van der Waals surface area contributed by atoms with Gasteiger partial charge in [-0.2, -0.15) is 0 Å². The van der Waals surface area contributed by atoms with Gasteiger partial charge >= 0.3 is 0 Å². The molecule has 1 atom stereocenters. The summed E-state index contributed by atoms with van der Waals surface area (Å²) in [4.78, 5) is 15.6. The van der Waals surface area contributed by atoms with E-state index < -0.39 is 0 Å². The minimum absolute atomic E-state index is 0.157. The Morgan fingerprint density at radius 3 is 2.43 bits per heavy atom. The van der Waals surface area contributed by atoms with Crippen LogP contribution in [0.2, 0.25) is 0 Å². The topological polar surface area (TPSA) is 20.3 Å². The molecule has 0 radical (unpaired) electrons. The fourth-order valence-corrected chi connectivity index (χ4v) is 3.33. The molecule has 1 aliphatic heterocycles. The van der Waals surface area contributed by atoms with Gasteiger partial charge in [0.25, 0.3) is 0 Å². The molecule has 1 aliphatic rings. The Bertz CT molecular complexity index is 609. The van der Waals surface area contributed by atoms with Crippen molar-refractivity contribution in [3.8, 4) is 0 Å². The van der Waals surface area contributed by atoms with Crippen LogP contribution in [0.15, 0.2) is 59.5 Å². The fourth-order valence-electron chi connectivity index (χ4n) is 2.92. The molecule has 2 aromatic carbocycles. The molecule has 1 fully saturated rings. The lowest BCUT2D eigenvalue weighted by atomic mass is 9.94. The number of carbonyl (C=O) groups is 1. The molecule has 2 nitrogen and oxygen atoms in total. The molecule has 0 spiro atoms. The molecule has 1 heterocycles. The number of hydrogen-bond acceptors (Lipinski definition) is 2. The first-order valence-corrected chi connectivity index (χ1v) is 8.53. The highest BCUT2D eigenvalue weighted by Gasteiger charge is 2.30. The molecule has 0 N–H and O–H groups in total. The second kappa shape index (κ2) is 6.35. The van der Waals surface area contributed by atoms with Crippen molar-refractivity contribution >= 4 is 23.4 Å². The third kappa shape index (κ3) is 2.98. The summed E-state index contributed by atoms with van der Waals surface area (Å²) in [5.74, 6) is 0.228. The molecular formula is C18H19NOS. The van der Waals surface area contributed by atoms with Crippen molar-refractivity contribution in [3.05, 3.63) is 60.2 Å². The Hall–Kier alpha value is -1.74. The zero-order valence-electron chi connectivity index (χ0n) is 12.2. The maximum absolute atomic E-state index is 12.4. The van der Waals surface area contributed by atoms with Crippen molar-refractivity contribution in [2.75, 3.05) is 11.2 Å². The van der Waals surface area contributed by atoms with E-state index in [-0.39, 0.29) is 11.9 Å². The largest absolute Gasteiger partial charge is 0.305 e. The first kappa shape index (κ1) is 14.2. The van der Waals surface area contributed by atoms with Gasteiger partial charge in [-0.3, -0.25) is 4.79 Å². The first-order chi connectivity index (χ1) is 10.3. The molecule has 0 aromatic heterocycles. The van der Waals surface area contributed by atoms with Gasteiger partial charge in [0.1, 0.15) is 0 Å². The van der Waals surface area contributed by atoms with Crippen molar-refractivity contribution in [1.29, 1.82) is 0 Å². The standard InChI is InChI=1S/C18H19NOS/c1-21-16-12-10-14(11-13-16)17-8-5-9-18(20)19(17)15-6-3-2-4-7-15/h2-4,6-7,10-13,17H,5,8-9H2,1H3. The van der Waals surface area contributed by atoms with Crippen LogP contribution in [0.1, 0.15) is 30.9 Å². The van der Waals surface area contributed by atoms with Gasteiger partial charge in [-0.15, -0.1) is 11.8 Å². The third-order valence-corrected chi connectivity index (χ3v) is 4.73. The molecule has 1 saturated heterocycles. The molecule has 21 heavy (non-hydrogen) atoms. The second-order valence-electron chi connectivity index (χ2n) is 5.28. The van der Waals surface area contributed by atoms with Crippen LogP contribution in [0.3, 0.4) is 0 Å². The molecule has 0 aliphatic carbocycles. The Kier molecular flexibility index (Phi) is 4.30. The zero-order chi connectivity index (χ0) is 14.7. The maximum atomic E-state index is 12.4. The van der Waals surface area contributed by atoms with E-state index in [1.807, 2.05) is 35.2 Å². The van der Waals surface area contributed by atoms with Crippen LogP contribution in [0.25, 0.3) is 0 Å². The number of carbonyl (C=O) groups excluding carboxylic acids is 1. The van der Waals surface area contributed by atoms with Crippen LogP contribution >= 0.6 is 11.8 Å². The lowest BCUT2D eigenvalue weighted by Gasteiger charge is -2.36. The number of para-hydroxylation sites is 1. The van der Waals surface area contributed by atoms with E-state index in [1.54, 1.807) is 11.8 Å². The maximum Gasteiger partial charge on any atom is 0.227 e. The van der Waals surface area contributed by atoms with Crippen LogP contribution in [0.5, 0.6) is 0 Å². The average Bonchev–Trinajstić information content (AvgIpc) is 2.55. The number of hydrogen-bond donors (Lipinski definition) is 0. The molecule has 3 heteroatoms. The number of piperidine rings is 1. The van der Waals surface area contributed by atoms with E-state index in [0.717, 1.165) is 18.5 Å². The molecule has 0 saturated carbocycles. The third-order valence-electron chi connectivity index (χ3n) is 3.98. The van der Waals surface area contributed by atoms with Gasteiger partial charge in [-0.1, -0.05) is 30.3 Å². The molecule has 108 valence electrons. The lowest BCUT2D eigenvalue weighted by molar-refractivity contribution is -0.120. The number of amides is 1. The normalized spacial score (nSPS) is 18.8. The number of rotatable bonds is 3. The van der Waals surface area contributed by atoms with Gasteiger partial charge in [0.15, 0.2) is 0 Å². The summed E-state index contributed by atoms with van der Waals surface area (Å²) < 4.78 is 0. The van der Waals surface area contributed by atoms with Crippen LogP contribution in [0.4, 0.5) is 5.69 Å². The smallest absolute Gasteiger partial charge is 0.227 e. The second-order valence-corrected chi connectivity index (χ2v) is 6.16. The zero-order valence-corrected chi connectivity index (χ0v) is 13.0. The van der Waals surface area contributed by atoms with Gasteiger partial charge in [0.2, 0.25) is 5.91 Å². The summed E-state index contributed by atoms with van der Waals surface area (Å²) >= 11 is 1.74. The van der Waals surface area contributed by atoms with Crippen molar-refractivity contribution in [3.63, 3.8) is 0 Å². The Balaban J connectivity index is 1.95. The predicted octanol–water partition coefficient (Wildman–Crippen LogP) is 4.67. The molecule has 1 unspecified atom stereocenters. The van der Waals surface area contributed by atoms with Crippen LogP contribution in [-0.4, -0.2) is 12.2 Å². The van der Waals surface area contributed by atoms with Gasteiger partial charge in [-0.05, 0) is 48.9 Å². The summed E-state index contributed by atoms with van der Waals surface area (Å²) in [6.07, 6.45) is 4.72. The number of thioether (sulfide) groups is 1. The number of benzene rings is 2. The van der Waals surface area contributed by atoms with E-state index in [1.165, 1.54) is 10.5 Å². The molecule has 2 aromatic rings. The highest BCUT2D eigenvalue weighted by molar-refractivity contribution is 7.98. The van der Waals surface area contributed by atoms with Crippen LogP contribution in [0, 0.1) is 0 Å². The minimum Gasteiger partial charge on any atom is -0.305 e. The highest BCUT2D eigenvalue weighted by atomic mass is 32.2. The lowest BCUT2D eigenvalue weighted by Crippen LogP contribution is -2.38. The van der Waals surface area contributed by atoms with E-state index >= 15 is 0 Å². The molecule has 0 bridgehead atoms. The summed E-state index contributed by atoms with van der Waals surface area (Å²) in [6, 6.07) is 18.8.